The molecule has 0 aromatic carbocycles. The average molecular weight is 182 g/mol. The third-order valence-electron chi connectivity index (χ3n) is 3.49. The molecular formula is C11H22N2. The van der Waals surface area contributed by atoms with E-state index in [0.717, 1.165) is 12.0 Å². The van der Waals surface area contributed by atoms with Crippen LogP contribution in [0.25, 0.3) is 0 Å². The number of nitrogens with one attached hydrogen (secondary N) is 2. The lowest BCUT2D eigenvalue weighted by molar-refractivity contribution is 0.300. The maximum atomic E-state index is 3.57. The summed E-state index contributed by atoms with van der Waals surface area (Å²) in [6.07, 6.45) is 8.50. The van der Waals surface area contributed by atoms with Gasteiger partial charge in [-0.2, -0.15) is 0 Å². The fourth-order valence-electron chi connectivity index (χ4n) is 2.28. The lowest BCUT2D eigenvalue weighted by atomic mass is 9.85. The van der Waals surface area contributed by atoms with Gasteiger partial charge in [0.1, 0.15) is 0 Å². The molecule has 2 nitrogen and oxygen atoms in total. The smallest absolute Gasteiger partial charge is 0.00796 e. The summed E-state index contributed by atoms with van der Waals surface area (Å²) < 4.78 is 0. The van der Waals surface area contributed by atoms with Gasteiger partial charge in [0.05, 0.1) is 0 Å². The van der Waals surface area contributed by atoms with Crippen molar-refractivity contribution in [2.24, 2.45) is 5.92 Å². The van der Waals surface area contributed by atoms with Crippen LogP contribution in [-0.2, 0) is 0 Å². The van der Waals surface area contributed by atoms with Gasteiger partial charge in [0.15, 0.2) is 0 Å². The fraction of sp³-hybridized carbons (Fsp3) is 1.00. The molecule has 1 aliphatic heterocycles. The predicted molar refractivity (Wildman–Crippen MR) is 55.9 cm³/mol. The van der Waals surface area contributed by atoms with Crippen LogP contribution >= 0.6 is 0 Å². The summed E-state index contributed by atoms with van der Waals surface area (Å²) in [7, 11) is 0. The molecule has 1 unspecified atom stereocenters. The molecule has 1 saturated heterocycles. The maximum Gasteiger partial charge on any atom is 0.00796 e. The Morgan fingerprint density at radius 3 is 2.69 bits per heavy atom. The van der Waals surface area contributed by atoms with Crippen LogP contribution in [0.5, 0.6) is 0 Å². The van der Waals surface area contributed by atoms with E-state index >= 15 is 0 Å². The fourth-order valence-corrected chi connectivity index (χ4v) is 2.28. The van der Waals surface area contributed by atoms with E-state index in [1.165, 1.54) is 58.2 Å². The van der Waals surface area contributed by atoms with Crippen molar-refractivity contribution >= 4 is 0 Å². The number of rotatable bonds is 5. The van der Waals surface area contributed by atoms with Crippen molar-refractivity contribution in [3.05, 3.63) is 0 Å². The lowest BCUT2D eigenvalue weighted by Crippen LogP contribution is -2.31. The van der Waals surface area contributed by atoms with Crippen LogP contribution in [0.2, 0.25) is 0 Å². The van der Waals surface area contributed by atoms with Crippen LogP contribution in [0.3, 0.4) is 0 Å². The minimum Gasteiger partial charge on any atom is -0.316 e. The molecular weight excluding hydrogens is 160 g/mol. The maximum absolute atomic E-state index is 3.57. The number of hydrogen-bond donors (Lipinski definition) is 2. The van der Waals surface area contributed by atoms with Crippen LogP contribution in [0, 0.1) is 5.92 Å². The molecule has 1 atom stereocenters. The molecule has 0 spiro atoms. The summed E-state index contributed by atoms with van der Waals surface area (Å²) in [6.45, 7) is 3.73. The molecule has 1 aliphatic carbocycles. The SMILES string of the molecule is C1CC(CNCCC2CCCN2)C1. The Morgan fingerprint density at radius 2 is 2.08 bits per heavy atom. The van der Waals surface area contributed by atoms with Gasteiger partial charge in [0.2, 0.25) is 0 Å². The molecule has 2 aliphatic rings. The zero-order chi connectivity index (χ0) is 8.93. The van der Waals surface area contributed by atoms with Gasteiger partial charge in [-0.25, -0.2) is 0 Å². The Kier molecular flexibility index (Phi) is 3.62. The van der Waals surface area contributed by atoms with Crippen LogP contribution in [0.1, 0.15) is 38.5 Å². The first kappa shape index (κ1) is 9.47. The number of hydrogen-bond acceptors (Lipinski definition) is 2. The molecule has 13 heavy (non-hydrogen) atoms. The van der Waals surface area contributed by atoms with E-state index in [1.54, 1.807) is 0 Å². The molecule has 0 bridgehead atoms. The molecule has 0 aromatic heterocycles. The normalized spacial score (nSPS) is 29.1. The first-order chi connectivity index (χ1) is 6.45. The highest BCUT2D eigenvalue weighted by Crippen LogP contribution is 2.25. The second-order valence-electron chi connectivity index (χ2n) is 4.58. The van der Waals surface area contributed by atoms with Crippen LogP contribution in [0.4, 0.5) is 0 Å². The van der Waals surface area contributed by atoms with Crippen molar-refractivity contribution in [2.75, 3.05) is 19.6 Å². The second-order valence-corrected chi connectivity index (χ2v) is 4.58. The largest absolute Gasteiger partial charge is 0.316 e. The highest BCUT2D eigenvalue weighted by Gasteiger charge is 2.17. The Hall–Kier alpha value is -0.0800. The van der Waals surface area contributed by atoms with Gasteiger partial charge in [-0.15, -0.1) is 0 Å². The van der Waals surface area contributed by atoms with Gasteiger partial charge in [0, 0.05) is 6.04 Å². The highest BCUT2D eigenvalue weighted by atomic mass is 14.9. The van der Waals surface area contributed by atoms with Crippen LogP contribution in [-0.4, -0.2) is 25.7 Å². The standard InChI is InChI=1S/C11H22N2/c1-3-10(4-1)9-12-8-6-11-5-2-7-13-11/h10-13H,1-9H2. The van der Waals surface area contributed by atoms with Gasteiger partial charge in [-0.1, -0.05) is 6.42 Å². The second kappa shape index (κ2) is 4.97. The molecule has 2 fully saturated rings. The topological polar surface area (TPSA) is 24.1 Å². The van der Waals surface area contributed by atoms with Crippen molar-refractivity contribution in [3.63, 3.8) is 0 Å². The predicted octanol–water partition coefficient (Wildman–Crippen LogP) is 1.52. The van der Waals surface area contributed by atoms with Crippen molar-refractivity contribution in [1.29, 1.82) is 0 Å². The van der Waals surface area contributed by atoms with Gasteiger partial charge in [-0.05, 0) is 57.7 Å². The Balaban J connectivity index is 1.43. The monoisotopic (exact) mass is 182 g/mol. The van der Waals surface area contributed by atoms with E-state index in [0.29, 0.717) is 0 Å². The first-order valence-electron chi connectivity index (χ1n) is 5.89. The summed E-state index contributed by atoms with van der Waals surface area (Å²) in [6, 6.07) is 0.814. The van der Waals surface area contributed by atoms with E-state index in [9.17, 15) is 0 Å². The molecule has 0 aromatic rings. The van der Waals surface area contributed by atoms with Crippen LogP contribution < -0.4 is 10.6 Å². The molecule has 0 amide bonds. The van der Waals surface area contributed by atoms with E-state index in [1.807, 2.05) is 0 Å². The molecule has 1 saturated carbocycles. The van der Waals surface area contributed by atoms with E-state index in [-0.39, 0.29) is 0 Å². The summed E-state index contributed by atoms with van der Waals surface area (Å²) >= 11 is 0. The quantitative estimate of drug-likeness (QED) is 0.630. The molecule has 2 heteroatoms. The third-order valence-corrected chi connectivity index (χ3v) is 3.49. The average Bonchev–Trinajstić information content (AvgIpc) is 2.53. The van der Waals surface area contributed by atoms with Gasteiger partial charge < -0.3 is 10.6 Å². The zero-order valence-electron chi connectivity index (χ0n) is 8.52. The summed E-state index contributed by atoms with van der Waals surface area (Å²) in [5, 5.41) is 7.11. The summed E-state index contributed by atoms with van der Waals surface area (Å²) in [5.41, 5.74) is 0. The van der Waals surface area contributed by atoms with Crippen molar-refractivity contribution < 1.29 is 0 Å². The van der Waals surface area contributed by atoms with Gasteiger partial charge in [-0.3, -0.25) is 0 Å². The van der Waals surface area contributed by atoms with E-state index in [2.05, 4.69) is 10.6 Å². The molecule has 2 rings (SSSR count). The third kappa shape index (κ3) is 2.96. The molecule has 0 radical (unpaired) electrons. The molecule has 2 N–H and O–H groups in total. The van der Waals surface area contributed by atoms with E-state index in [4.69, 9.17) is 0 Å². The van der Waals surface area contributed by atoms with Gasteiger partial charge >= 0.3 is 0 Å². The zero-order valence-corrected chi connectivity index (χ0v) is 8.52. The van der Waals surface area contributed by atoms with Crippen molar-refractivity contribution in [2.45, 2.75) is 44.6 Å². The first-order valence-corrected chi connectivity index (χ1v) is 5.89. The summed E-state index contributed by atoms with van der Waals surface area (Å²) in [5.74, 6) is 1.01. The van der Waals surface area contributed by atoms with Crippen molar-refractivity contribution in [1.82, 2.24) is 10.6 Å². The van der Waals surface area contributed by atoms with Gasteiger partial charge in [0.25, 0.3) is 0 Å². The molecule has 76 valence electrons. The van der Waals surface area contributed by atoms with Crippen molar-refractivity contribution in [3.8, 4) is 0 Å². The molecule has 1 heterocycles. The van der Waals surface area contributed by atoms with Crippen LogP contribution in [0.15, 0.2) is 0 Å². The Labute approximate surface area is 81.5 Å². The Morgan fingerprint density at radius 1 is 1.15 bits per heavy atom. The minimum absolute atomic E-state index is 0.814. The minimum atomic E-state index is 0.814. The highest BCUT2D eigenvalue weighted by molar-refractivity contribution is 4.76. The lowest BCUT2D eigenvalue weighted by Gasteiger charge is -2.25. The summed E-state index contributed by atoms with van der Waals surface area (Å²) in [4.78, 5) is 0. The Bertz CT molecular complexity index is 137. The van der Waals surface area contributed by atoms with E-state index < -0.39 is 0 Å².